The van der Waals surface area contributed by atoms with E-state index in [1.165, 1.54) is 11.8 Å². The molecule has 4 nitrogen and oxygen atoms in total. The van der Waals surface area contributed by atoms with Gasteiger partial charge in [-0.15, -0.1) is 5.10 Å². The Bertz CT molecular complexity index is 515. The summed E-state index contributed by atoms with van der Waals surface area (Å²) in [4.78, 5) is 4.23. The maximum atomic E-state index is 5.93. The van der Waals surface area contributed by atoms with Gasteiger partial charge in [-0.25, -0.2) is 4.98 Å². The van der Waals surface area contributed by atoms with Gasteiger partial charge in [-0.05, 0) is 36.9 Å². The van der Waals surface area contributed by atoms with Crippen LogP contribution in [-0.4, -0.2) is 21.4 Å². The number of rotatable bonds is 4. The average molecular weight is 270 g/mol. The summed E-state index contributed by atoms with van der Waals surface area (Å²) in [6.45, 7) is 2.31. The van der Waals surface area contributed by atoms with Crippen LogP contribution in [0.5, 0.6) is 5.75 Å². The fraction of sp³-hybridized carbons (Fsp3) is 0.273. The Balaban J connectivity index is 1.99. The number of hydrogen-bond acceptors (Lipinski definition) is 4. The van der Waals surface area contributed by atoms with Gasteiger partial charge in [0, 0.05) is 5.02 Å². The van der Waals surface area contributed by atoms with Crippen LogP contribution in [0.3, 0.4) is 0 Å². The molecule has 1 aromatic heterocycles. The van der Waals surface area contributed by atoms with Crippen molar-refractivity contribution in [1.29, 1.82) is 0 Å². The molecule has 2 rings (SSSR count). The van der Waals surface area contributed by atoms with Crippen LogP contribution in [0.15, 0.2) is 23.4 Å². The Morgan fingerprint density at radius 3 is 2.94 bits per heavy atom. The summed E-state index contributed by atoms with van der Waals surface area (Å²) < 4.78 is 5.58. The standard InChI is InChI=1S/C11H12ClN3OS/c1-7-5-8(3-4-9(7)12)16-6-10-13-11(17-2)15-14-10/h3-5H,6H2,1-2H3,(H,13,14,15). The third-order valence-electron chi connectivity index (χ3n) is 2.20. The van der Waals surface area contributed by atoms with Gasteiger partial charge >= 0.3 is 0 Å². The van der Waals surface area contributed by atoms with Crippen LogP contribution in [0.2, 0.25) is 5.02 Å². The first-order valence-corrected chi connectivity index (χ1v) is 6.63. The lowest BCUT2D eigenvalue weighted by Crippen LogP contribution is -1.97. The minimum atomic E-state index is 0.370. The topological polar surface area (TPSA) is 50.8 Å². The maximum Gasteiger partial charge on any atom is 0.208 e. The van der Waals surface area contributed by atoms with Gasteiger partial charge in [-0.3, -0.25) is 5.10 Å². The fourth-order valence-electron chi connectivity index (χ4n) is 1.29. The highest BCUT2D eigenvalue weighted by atomic mass is 35.5. The van der Waals surface area contributed by atoms with E-state index in [9.17, 15) is 0 Å². The van der Waals surface area contributed by atoms with E-state index in [2.05, 4.69) is 15.2 Å². The van der Waals surface area contributed by atoms with Gasteiger partial charge in [0.25, 0.3) is 0 Å². The summed E-state index contributed by atoms with van der Waals surface area (Å²) in [5.74, 6) is 1.48. The third-order valence-corrected chi connectivity index (χ3v) is 3.17. The number of nitrogens with one attached hydrogen (secondary N) is 1. The minimum Gasteiger partial charge on any atom is -0.486 e. The molecule has 0 saturated heterocycles. The predicted octanol–water partition coefficient (Wildman–Crippen LogP) is 3.07. The van der Waals surface area contributed by atoms with Gasteiger partial charge in [0.15, 0.2) is 5.82 Å². The fourth-order valence-corrected chi connectivity index (χ4v) is 1.75. The number of aryl methyl sites for hydroxylation is 1. The molecule has 0 spiro atoms. The van der Waals surface area contributed by atoms with Gasteiger partial charge in [0.1, 0.15) is 12.4 Å². The first-order chi connectivity index (χ1) is 8.19. The number of hydrogen-bond donors (Lipinski definition) is 1. The molecular weight excluding hydrogens is 258 g/mol. The third kappa shape index (κ3) is 3.14. The second kappa shape index (κ2) is 5.42. The van der Waals surface area contributed by atoms with Gasteiger partial charge in [-0.2, -0.15) is 0 Å². The molecule has 0 bridgehead atoms. The highest BCUT2D eigenvalue weighted by Crippen LogP contribution is 2.21. The zero-order valence-corrected chi connectivity index (χ0v) is 11.1. The Morgan fingerprint density at radius 2 is 2.29 bits per heavy atom. The molecule has 0 atom stereocenters. The lowest BCUT2D eigenvalue weighted by molar-refractivity contribution is 0.296. The van der Waals surface area contributed by atoms with E-state index in [0.717, 1.165) is 21.5 Å². The van der Waals surface area contributed by atoms with Crippen molar-refractivity contribution in [3.05, 3.63) is 34.6 Å². The van der Waals surface area contributed by atoms with E-state index < -0.39 is 0 Å². The summed E-state index contributed by atoms with van der Waals surface area (Å²) in [6, 6.07) is 5.55. The van der Waals surface area contributed by atoms with Gasteiger partial charge < -0.3 is 4.74 Å². The Morgan fingerprint density at radius 1 is 1.47 bits per heavy atom. The van der Waals surface area contributed by atoms with Crippen LogP contribution in [0.1, 0.15) is 11.4 Å². The first-order valence-electron chi connectivity index (χ1n) is 5.03. The Labute approximate surface area is 109 Å². The number of halogens is 1. The molecule has 1 N–H and O–H groups in total. The van der Waals surface area contributed by atoms with Crippen LogP contribution in [0.25, 0.3) is 0 Å². The van der Waals surface area contributed by atoms with Crippen molar-refractivity contribution < 1.29 is 4.74 Å². The van der Waals surface area contributed by atoms with Crippen LogP contribution >= 0.6 is 23.4 Å². The zero-order valence-electron chi connectivity index (χ0n) is 9.53. The molecule has 17 heavy (non-hydrogen) atoms. The Hall–Kier alpha value is -1.20. The van der Waals surface area contributed by atoms with Gasteiger partial charge in [0.2, 0.25) is 5.16 Å². The molecule has 1 aromatic carbocycles. The number of aromatic amines is 1. The minimum absolute atomic E-state index is 0.370. The average Bonchev–Trinajstić information content (AvgIpc) is 2.79. The second-order valence-electron chi connectivity index (χ2n) is 3.47. The van der Waals surface area contributed by atoms with Crippen molar-refractivity contribution in [3.8, 4) is 5.75 Å². The normalized spacial score (nSPS) is 10.5. The van der Waals surface area contributed by atoms with E-state index in [-0.39, 0.29) is 0 Å². The lowest BCUT2D eigenvalue weighted by atomic mass is 10.2. The number of benzene rings is 1. The van der Waals surface area contributed by atoms with E-state index in [4.69, 9.17) is 16.3 Å². The molecule has 6 heteroatoms. The molecule has 0 aliphatic heterocycles. The lowest BCUT2D eigenvalue weighted by Gasteiger charge is -2.05. The molecule has 1 heterocycles. The van der Waals surface area contributed by atoms with Crippen molar-refractivity contribution in [2.24, 2.45) is 0 Å². The van der Waals surface area contributed by atoms with E-state index >= 15 is 0 Å². The van der Waals surface area contributed by atoms with Crippen LogP contribution < -0.4 is 4.74 Å². The Kier molecular flexibility index (Phi) is 3.91. The molecule has 0 fully saturated rings. The predicted molar refractivity (Wildman–Crippen MR) is 68.7 cm³/mol. The van der Waals surface area contributed by atoms with Crippen molar-refractivity contribution in [2.45, 2.75) is 18.7 Å². The zero-order chi connectivity index (χ0) is 12.3. The second-order valence-corrected chi connectivity index (χ2v) is 4.65. The molecule has 0 unspecified atom stereocenters. The van der Waals surface area contributed by atoms with Gasteiger partial charge in [-0.1, -0.05) is 23.4 Å². The number of nitrogens with zero attached hydrogens (tertiary/aromatic N) is 2. The summed E-state index contributed by atoms with van der Waals surface area (Å²) in [6.07, 6.45) is 1.93. The van der Waals surface area contributed by atoms with E-state index in [1.807, 2.05) is 31.4 Å². The smallest absolute Gasteiger partial charge is 0.208 e. The number of ether oxygens (including phenoxy) is 1. The van der Waals surface area contributed by atoms with Crippen LogP contribution in [0.4, 0.5) is 0 Å². The highest BCUT2D eigenvalue weighted by Gasteiger charge is 2.03. The van der Waals surface area contributed by atoms with Crippen LogP contribution in [-0.2, 0) is 6.61 Å². The molecule has 90 valence electrons. The highest BCUT2D eigenvalue weighted by molar-refractivity contribution is 7.98. The van der Waals surface area contributed by atoms with Crippen molar-refractivity contribution in [1.82, 2.24) is 15.2 Å². The van der Waals surface area contributed by atoms with E-state index in [0.29, 0.717) is 12.4 Å². The summed E-state index contributed by atoms with van der Waals surface area (Å²) in [7, 11) is 0. The summed E-state index contributed by atoms with van der Waals surface area (Å²) in [5.41, 5.74) is 0.992. The van der Waals surface area contributed by atoms with Gasteiger partial charge in [0.05, 0.1) is 0 Å². The molecule has 0 radical (unpaired) electrons. The number of H-pyrrole nitrogens is 1. The first kappa shape index (κ1) is 12.3. The van der Waals surface area contributed by atoms with Crippen molar-refractivity contribution in [3.63, 3.8) is 0 Å². The molecule has 0 aliphatic carbocycles. The maximum absolute atomic E-state index is 5.93. The van der Waals surface area contributed by atoms with Crippen molar-refractivity contribution in [2.75, 3.05) is 6.26 Å². The molecular formula is C11H12ClN3OS. The molecule has 0 amide bonds. The number of aromatic nitrogens is 3. The quantitative estimate of drug-likeness (QED) is 0.867. The molecule has 0 aliphatic rings. The summed E-state index contributed by atoms with van der Waals surface area (Å²) in [5, 5.41) is 8.28. The molecule has 2 aromatic rings. The van der Waals surface area contributed by atoms with Crippen molar-refractivity contribution >= 4 is 23.4 Å². The van der Waals surface area contributed by atoms with E-state index in [1.54, 1.807) is 0 Å². The monoisotopic (exact) mass is 269 g/mol. The number of thioether (sulfide) groups is 1. The molecule has 0 saturated carbocycles. The van der Waals surface area contributed by atoms with Crippen LogP contribution in [0, 0.1) is 6.92 Å². The summed E-state index contributed by atoms with van der Waals surface area (Å²) >= 11 is 7.42. The SMILES string of the molecule is CSc1n[nH]c(COc2ccc(Cl)c(C)c2)n1. The largest absolute Gasteiger partial charge is 0.486 e.